The number of hydrogen-bond acceptors (Lipinski definition) is 6. The fourth-order valence-electron chi connectivity index (χ4n) is 8.76. The van der Waals surface area contributed by atoms with Crippen molar-refractivity contribution in [1.82, 2.24) is 29.9 Å². The Morgan fingerprint density at radius 1 is 0.296 bits per heavy atom. The molecule has 7 aromatic carbocycles. The van der Waals surface area contributed by atoms with Crippen LogP contribution in [0.3, 0.4) is 0 Å². The number of nitrogens with zero attached hydrogens (tertiary/aromatic N) is 6. The van der Waals surface area contributed by atoms with Crippen LogP contribution in [0.1, 0.15) is 22.3 Å². The number of aryl methyl sites for hydroxylation is 4. The Morgan fingerprint density at radius 3 is 1.24 bits per heavy atom. The van der Waals surface area contributed by atoms with Gasteiger partial charge in [-0.15, -0.1) is 101 Å². The summed E-state index contributed by atoms with van der Waals surface area (Å²) in [6.45, 7) is 0. The van der Waals surface area contributed by atoms with Gasteiger partial charge in [-0.25, -0.2) is 15.0 Å². The molecular weight excluding hydrogens is 1040 g/mol. The summed E-state index contributed by atoms with van der Waals surface area (Å²) in [5.74, 6) is 1.81. The van der Waals surface area contributed by atoms with E-state index in [1.165, 1.54) is 33.4 Å². The van der Waals surface area contributed by atoms with E-state index < -0.39 is 0 Å². The molecule has 340 valence electrons. The van der Waals surface area contributed by atoms with Crippen molar-refractivity contribution in [3.05, 3.63) is 265 Å². The number of benzene rings is 7. The minimum Gasteiger partial charge on any atom is -0.305 e. The molecule has 0 fully saturated rings. The second-order valence-corrected chi connectivity index (χ2v) is 17.2. The van der Waals surface area contributed by atoms with E-state index in [0.29, 0.717) is 17.5 Å². The van der Waals surface area contributed by atoms with Crippen molar-refractivity contribution in [2.75, 3.05) is 0 Å². The molecule has 0 aliphatic heterocycles. The van der Waals surface area contributed by atoms with Gasteiger partial charge >= 0.3 is 20.1 Å². The average molecular weight is 1090 g/mol. The topological polar surface area (TPSA) is 77.3 Å². The Balaban J connectivity index is 0.00000582. The van der Waals surface area contributed by atoms with E-state index in [2.05, 4.69) is 125 Å². The number of hydrogen-bond donors (Lipinski definition) is 0. The van der Waals surface area contributed by atoms with Crippen molar-refractivity contribution in [3.8, 4) is 90.2 Å². The minimum absolute atomic E-state index is 0. The largest absolute Gasteiger partial charge is 3.00 e. The molecule has 0 saturated heterocycles. The molecule has 0 amide bonds. The van der Waals surface area contributed by atoms with Crippen molar-refractivity contribution >= 4 is 0 Å². The van der Waals surface area contributed by atoms with E-state index >= 15 is 0 Å². The maximum Gasteiger partial charge on any atom is 3.00 e. The first kappa shape index (κ1) is 46.4. The van der Waals surface area contributed by atoms with Crippen LogP contribution in [0, 0.1) is 18.2 Å². The van der Waals surface area contributed by atoms with Crippen molar-refractivity contribution in [2.45, 2.75) is 25.7 Å². The number of pyridine rings is 3. The van der Waals surface area contributed by atoms with E-state index in [1.54, 1.807) is 0 Å². The van der Waals surface area contributed by atoms with Gasteiger partial charge in [0.25, 0.3) is 0 Å². The molecule has 0 atom stereocenters. The summed E-state index contributed by atoms with van der Waals surface area (Å²) < 4.78 is 0. The van der Waals surface area contributed by atoms with Crippen molar-refractivity contribution in [1.29, 1.82) is 0 Å². The Kier molecular flexibility index (Phi) is 14.3. The second-order valence-electron chi connectivity index (χ2n) is 17.2. The average Bonchev–Trinajstić information content (AvgIpc) is 3.45. The van der Waals surface area contributed by atoms with Crippen LogP contribution in [0.2, 0.25) is 0 Å². The summed E-state index contributed by atoms with van der Waals surface area (Å²) in [4.78, 5) is 28.6. The molecule has 4 aromatic heterocycles. The van der Waals surface area contributed by atoms with Crippen molar-refractivity contribution in [2.24, 2.45) is 0 Å². The SMILES string of the molecule is [Ir+3].[c-]1cc(CCc2cc(CCc3c[c-]c(-c4ccccn4)cc3)cc(-c3ccccc3-c3c[c-]c(-c4cc(-c5nc(-c6ccccc6)nc(-c6ccccc6)n5)ccn4)cc3)c2)ccc1-c1ccccn1. The van der Waals surface area contributed by atoms with Crippen LogP contribution in [0.25, 0.3) is 90.2 Å². The van der Waals surface area contributed by atoms with Gasteiger partial charge in [0.2, 0.25) is 0 Å². The molecular formula is C64H45IrN6. The van der Waals surface area contributed by atoms with Gasteiger partial charge in [0, 0.05) is 35.3 Å². The molecule has 0 radical (unpaired) electrons. The Morgan fingerprint density at radius 2 is 0.746 bits per heavy atom. The Hall–Kier alpha value is -8.35. The molecule has 0 bridgehead atoms. The van der Waals surface area contributed by atoms with Crippen LogP contribution in [-0.4, -0.2) is 29.9 Å². The fraction of sp³-hybridized carbons (Fsp3) is 0.0625. The van der Waals surface area contributed by atoms with E-state index in [4.69, 9.17) is 19.9 Å². The van der Waals surface area contributed by atoms with Gasteiger partial charge in [-0.2, -0.15) is 0 Å². The van der Waals surface area contributed by atoms with Crippen molar-refractivity contribution in [3.63, 3.8) is 0 Å². The summed E-state index contributed by atoms with van der Waals surface area (Å²) in [5.41, 5.74) is 17.9. The summed E-state index contributed by atoms with van der Waals surface area (Å²) in [7, 11) is 0. The zero-order valence-corrected chi connectivity index (χ0v) is 41.1. The molecule has 0 N–H and O–H groups in total. The van der Waals surface area contributed by atoms with Crippen molar-refractivity contribution < 1.29 is 20.1 Å². The molecule has 4 heterocycles. The Labute approximate surface area is 428 Å². The van der Waals surface area contributed by atoms with Crippen LogP contribution in [0.5, 0.6) is 0 Å². The summed E-state index contributed by atoms with van der Waals surface area (Å²) >= 11 is 0. The van der Waals surface area contributed by atoms with Gasteiger partial charge in [-0.1, -0.05) is 157 Å². The first-order chi connectivity index (χ1) is 34.6. The zero-order valence-electron chi connectivity index (χ0n) is 38.7. The molecule has 0 saturated carbocycles. The van der Waals surface area contributed by atoms with E-state index in [0.717, 1.165) is 87.3 Å². The molecule has 0 unspecified atom stereocenters. The van der Waals surface area contributed by atoms with Crippen LogP contribution < -0.4 is 0 Å². The predicted octanol–water partition coefficient (Wildman–Crippen LogP) is 14.4. The standard InChI is InChI=1S/C64H45N6.Ir/c1-3-13-53(14-4-1)62-68-63(54-15-5-2-6-16-54)70-64(69-62)55-37-40-67-61(44-55)52-35-33-49(34-36-52)57-17-7-8-18-58(57)56-42-47(23-21-45-25-29-50(30-26-45)59-19-9-11-38-65-59)41-48(43-56)24-22-46-27-31-51(32-28-46)60-20-10-12-39-66-60;/h1-20,25-29,31,33-35,37-44H,21-24H2;/q-3;+3. The third kappa shape index (κ3) is 11.1. The number of aromatic nitrogens is 6. The van der Waals surface area contributed by atoms with Gasteiger partial charge in [0.15, 0.2) is 17.5 Å². The molecule has 7 heteroatoms. The summed E-state index contributed by atoms with van der Waals surface area (Å²) in [6.07, 6.45) is 9.04. The molecule has 11 rings (SSSR count). The van der Waals surface area contributed by atoms with Crippen LogP contribution in [0.4, 0.5) is 0 Å². The third-order valence-electron chi connectivity index (χ3n) is 12.4. The van der Waals surface area contributed by atoms with Crippen LogP contribution >= 0.6 is 0 Å². The monoisotopic (exact) mass is 1090 g/mol. The molecule has 71 heavy (non-hydrogen) atoms. The fourth-order valence-corrected chi connectivity index (χ4v) is 8.76. The van der Waals surface area contributed by atoms with Crippen LogP contribution in [-0.2, 0) is 45.8 Å². The van der Waals surface area contributed by atoms with Crippen LogP contribution in [0.15, 0.2) is 225 Å². The van der Waals surface area contributed by atoms with E-state index in [9.17, 15) is 0 Å². The number of rotatable bonds is 14. The molecule has 6 nitrogen and oxygen atoms in total. The predicted molar refractivity (Wildman–Crippen MR) is 281 cm³/mol. The van der Waals surface area contributed by atoms with E-state index in [-0.39, 0.29) is 20.1 Å². The molecule has 0 aliphatic rings. The maximum atomic E-state index is 4.95. The van der Waals surface area contributed by atoms with E-state index in [1.807, 2.05) is 128 Å². The quantitative estimate of drug-likeness (QED) is 0.101. The molecule has 0 aliphatic carbocycles. The van der Waals surface area contributed by atoms with Gasteiger partial charge in [0.1, 0.15) is 0 Å². The third-order valence-corrected chi connectivity index (χ3v) is 12.4. The first-order valence-corrected chi connectivity index (χ1v) is 23.6. The normalized spacial score (nSPS) is 10.9. The molecule has 11 aromatic rings. The molecule has 0 spiro atoms. The van der Waals surface area contributed by atoms with Gasteiger partial charge in [0.05, 0.1) is 0 Å². The maximum absolute atomic E-state index is 4.95. The smallest absolute Gasteiger partial charge is 0.305 e. The van der Waals surface area contributed by atoms with Gasteiger partial charge in [-0.05, 0) is 70.4 Å². The Bertz CT molecular complexity index is 3340. The minimum atomic E-state index is 0. The summed E-state index contributed by atoms with van der Waals surface area (Å²) in [5, 5.41) is 0. The van der Waals surface area contributed by atoms with Gasteiger partial charge in [-0.3, -0.25) is 0 Å². The van der Waals surface area contributed by atoms with Gasteiger partial charge < -0.3 is 15.0 Å². The first-order valence-electron chi connectivity index (χ1n) is 23.6. The summed E-state index contributed by atoms with van der Waals surface area (Å²) in [6, 6.07) is 81.5. The second kappa shape index (κ2) is 21.9. The zero-order chi connectivity index (χ0) is 46.9.